The maximum absolute atomic E-state index is 4.71. The summed E-state index contributed by atoms with van der Waals surface area (Å²) < 4.78 is 2.12. The highest BCUT2D eigenvalue weighted by Gasteiger charge is 2.24. The highest BCUT2D eigenvalue weighted by molar-refractivity contribution is 5.71. The van der Waals surface area contributed by atoms with Crippen LogP contribution in [0.2, 0.25) is 0 Å². The van der Waals surface area contributed by atoms with Gasteiger partial charge in [-0.1, -0.05) is 6.92 Å². The van der Waals surface area contributed by atoms with E-state index in [4.69, 9.17) is 4.98 Å². The fourth-order valence-electron chi connectivity index (χ4n) is 2.66. The van der Waals surface area contributed by atoms with Gasteiger partial charge in [0.15, 0.2) is 5.65 Å². The van der Waals surface area contributed by atoms with Gasteiger partial charge in [-0.05, 0) is 37.4 Å². The summed E-state index contributed by atoms with van der Waals surface area (Å²) in [7, 11) is 2.05. The minimum absolute atomic E-state index is 0.373. The number of pyridine rings is 1. The molecule has 17 heavy (non-hydrogen) atoms. The maximum Gasteiger partial charge on any atom is 0.159 e. The third-order valence-electron chi connectivity index (χ3n) is 3.64. The number of rotatable bonds is 1. The van der Waals surface area contributed by atoms with Gasteiger partial charge in [0.2, 0.25) is 0 Å². The van der Waals surface area contributed by atoms with Crippen LogP contribution in [0.15, 0.2) is 18.3 Å². The lowest BCUT2D eigenvalue weighted by molar-refractivity contribution is 0.312. The zero-order valence-electron chi connectivity index (χ0n) is 10.3. The molecule has 1 N–H and O–H groups in total. The Morgan fingerprint density at radius 2 is 2.35 bits per heavy atom. The van der Waals surface area contributed by atoms with Gasteiger partial charge in [0.1, 0.15) is 11.3 Å². The van der Waals surface area contributed by atoms with E-state index in [9.17, 15) is 0 Å². The third kappa shape index (κ3) is 1.82. The summed E-state index contributed by atoms with van der Waals surface area (Å²) in [5, 5.41) is 3.56. The van der Waals surface area contributed by atoms with E-state index in [2.05, 4.69) is 28.8 Å². The molecule has 0 aromatic carbocycles. The van der Waals surface area contributed by atoms with Crippen LogP contribution in [-0.2, 0) is 7.05 Å². The number of nitrogens with zero attached hydrogens (tertiary/aromatic N) is 3. The number of hydrogen-bond acceptors (Lipinski definition) is 3. The van der Waals surface area contributed by atoms with E-state index in [-0.39, 0.29) is 0 Å². The van der Waals surface area contributed by atoms with Gasteiger partial charge in [0, 0.05) is 13.2 Å². The van der Waals surface area contributed by atoms with E-state index in [1.807, 2.05) is 18.3 Å². The van der Waals surface area contributed by atoms with Gasteiger partial charge >= 0.3 is 0 Å². The van der Waals surface area contributed by atoms with Crippen LogP contribution in [0.1, 0.15) is 31.6 Å². The van der Waals surface area contributed by atoms with Crippen LogP contribution in [0.4, 0.5) is 0 Å². The Morgan fingerprint density at radius 1 is 1.47 bits per heavy atom. The Balaban J connectivity index is 2.02. The lowest BCUT2D eigenvalue weighted by Crippen LogP contribution is -2.32. The first kappa shape index (κ1) is 10.7. The molecule has 0 spiro atoms. The highest BCUT2D eigenvalue weighted by Crippen LogP contribution is 2.27. The van der Waals surface area contributed by atoms with Gasteiger partial charge < -0.3 is 9.88 Å². The SMILES string of the molecule is CC1CCNC(c2nc3cccnc3n2C)C1. The van der Waals surface area contributed by atoms with E-state index >= 15 is 0 Å². The summed E-state index contributed by atoms with van der Waals surface area (Å²) in [6.45, 7) is 3.40. The van der Waals surface area contributed by atoms with E-state index in [0.29, 0.717) is 6.04 Å². The minimum Gasteiger partial charge on any atom is -0.315 e. The van der Waals surface area contributed by atoms with Crippen LogP contribution in [-0.4, -0.2) is 21.1 Å². The molecule has 1 aliphatic heterocycles. The molecule has 0 aliphatic carbocycles. The van der Waals surface area contributed by atoms with E-state index in [0.717, 1.165) is 35.9 Å². The molecule has 4 heteroatoms. The van der Waals surface area contributed by atoms with E-state index < -0.39 is 0 Å². The predicted molar refractivity (Wildman–Crippen MR) is 67.7 cm³/mol. The van der Waals surface area contributed by atoms with Crippen LogP contribution in [0.5, 0.6) is 0 Å². The lowest BCUT2D eigenvalue weighted by Gasteiger charge is -2.27. The molecule has 4 nitrogen and oxygen atoms in total. The second-order valence-electron chi connectivity index (χ2n) is 5.01. The number of fused-ring (bicyclic) bond motifs is 1. The fourth-order valence-corrected chi connectivity index (χ4v) is 2.66. The van der Waals surface area contributed by atoms with Crippen LogP contribution in [0.25, 0.3) is 11.2 Å². The number of aromatic nitrogens is 3. The Kier molecular flexibility index (Phi) is 2.59. The first-order chi connectivity index (χ1) is 8.25. The average Bonchev–Trinajstić information content (AvgIpc) is 2.68. The molecular weight excluding hydrogens is 212 g/mol. The molecular formula is C13H18N4. The van der Waals surface area contributed by atoms with Crippen LogP contribution < -0.4 is 5.32 Å². The highest BCUT2D eigenvalue weighted by atomic mass is 15.1. The van der Waals surface area contributed by atoms with Crippen molar-refractivity contribution < 1.29 is 0 Å². The Labute approximate surface area is 101 Å². The van der Waals surface area contributed by atoms with Crippen molar-refractivity contribution in [2.24, 2.45) is 13.0 Å². The van der Waals surface area contributed by atoms with E-state index in [1.54, 1.807) is 0 Å². The second kappa shape index (κ2) is 4.11. The van der Waals surface area contributed by atoms with E-state index in [1.165, 1.54) is 6.42 Å². The first-order valence-electron chi connectivity index (χ1n) is 6.26. The van der Waals surface area contributed by atoms with Gasteiger partial charge in [-0.2, -0.15) is 0 Å². The predicted octanol–water partition coefficient (Wildman–Crippen LogP) is 2.03. The largest absolute Gasteiger partial charge is 0.315 e. The van der Waals surface area contributed by atoms with Crippen LogP contribution in [0.3, 0.4) is 0 Å². The number of hydrogen-bond donors (Lipinski definition) is 1. The first-order valence-corrected chi connectivity index (χ1v) is 6.26. The lowest BCUT2D eigenvalue weighted by atomic mass is 9.94. The third-order valence-corrected chi connectivity index (χ3v) is 3.64. The van der Waals surface area contributed by atoms with Gasteiger partial charge in [-0.15, -0.1) is 0 Å². The molecule has 1 saturated heterocycles. The summed E-state index contributed by atoms with van der Waals surface area (Å²) in [6, 6.07) is 4.34. The molecule has 2 aromatic heterocycles. The van der Waals surface area contributed by atoms with Crippen molar-refractivity contribution >= 4 is 11.2 Å². The molecule has 2 unspecified atom stereocenters. The van der Waals surface area contributed by atoms with Gasteiger partial charge in [-0.3, -0.25) is 0 Å². The Bertz CT molecular complexity index is 531. The van der Waals surface area contributed by atoms with Gasteiger partial charge in [0.25, 0.3) is 0 Å². The Hall–Kier alpha value is -1.42. The zero-order chi connectivity index (χ0) is 11.8. The second-order valence-corrected chi connectivity index (χ2v) is 5.01. The fraction of sp³-hybridized carbons (Fsp3) is 0.538. The monoisotopic (exact) mass is 230 g/mol. The van der Waals surface area contributed by atoms with Gasteiger partial charge in [0.05, 0.1) is 6.04 Å². The molecule has 2 atom stereocenters. The average molecular weight is 230 g/mol. The Morgan fingerprint density at radius 3 is 3.12 bits per heavy atom. The number of piperidine rings is 1. The molecule has 1 fully saturated rings. The summed E-state index contributed by atoms with van der Waals surface area (Å²) in [6.07, 6.45) is 4.25. The standard InChI is InChI=1S/C13H18N4/c1-9-5-7-14-11(8-9)13-16-10-4-3-6-15-12(10)17(13)2/h3-4,6,9,11,14H,5,7-8H2,1-2H3. The van der Waals surface area contributed by atoms with Crippen molar-refractivity contribution in [3.8, 4) is 0 Å². The zero-order valence-corrected chi connectivity index (χ0v) is 10.3. The molecule has 0 amide bonds. The molecule has 0 saturated carbocycles. The minimum atomic E-state index is 0.373. The maximum atomic E-state index is 4.71. The van der Waals surface area contributed by atoms with Crippen LogP contribution in [0, 0.1) is 5.92 Å². The summed E-state index contributed by atoms with van der Waals surface area (Å²) in [4.78, 5) is 9.10. The quantitative estimate of drug-likeness (QED) is 0.815. The summed E-state index contributed by atoms with van der Waals surface area (Å²) >= 11 is 0. The molecule has 3 rings (SSSR count). The molecule has 2 aromatic rings. The van der Waals surface area contributed by atoms with Crippen LogP contribution >= 0.6 is 0 Å². The number of imidazole rings is 1. The van der Waals surface area contributed by atoms with Crippen molar-refractivity contribution in [2.45, 2.75) is 25.8 Å². The summed E-state index contributed by atoms with van der Waals surface area (Å²) in [5.74, 6) is 1.89. The van der Waals surface area contributed by atoms with Crippen molar-refractivity contribution in [2.75, 3.05) is 6.54 Å². The molecule has 1 aliphatic rings. The van der Waals surface area contributed by atoms with Crippen molar-refractivity contribution in [3.05, 3.63) is 24.2 Å². The van der Waals surface area contributed by atoms with Crippen molar-refractivity contribution in [1.29, 1.82) is 0 Å². The van der Waals surface area contributed by atoms with Crippen molar-refractivity contribution in [1.82, 2.24) is 19.9 Å². The molecule has 0 radical (unpaired) electrons. The normalized spacial score (nSPS) is 25.3. The number of aryl methyl sites for hydroxylation is 1. The van der Waals surface area contributed by atoms with Crippen molar-refractivity contribution in [3.63, 3.8) is 0 Å². The molecule has 3 heterocycles. The number of nitrogens with one attached hydrogen (secondary N) is 1. The van der Waals surface area contributed by atoms with Gasteiger partial charge in [-0.25, -0.2) is 9.97 Å². The topological polar surface area (TPSA) is 42.7 Å². The molecule has 0 bridgehead atoms. The smallest absolute Gasteiger partial charge is 0.159 e. The summed E-state index contributed by atoms with van der Waals surface area (Å²) in [5.41, 5.74) is 1.97. The molecule has 90 valence electrons.